The van der Waals surface area contributed by atoms with Gasteiger partial charge in [0.25, 0.3) is 5.56 Å². The molecule has 0 unspecified atom stereocenters. The minimum absolute atomic E-state index is 0.154. The van der Waals surface area contributed by atoms with Crippen LogP contribution in [0.2, 0.25) is 0 Å². The largest absolute Gasteiger partial charge is 0.497 e. The number of aromatic nitrogens is 3. The average molecular weight is 378 g/mol. The maximum absolute atomic E-state index is 12.7. The zero-order valence-electron chi connectivity index (χ0n) is 15.2. The molecule has 4 aromatic rings. The van der Waals surface area contributed by atoms with Crippen molar-refractivity contribution in [1.29, 1.82) is 0 Å². The molecule has 0 atom stereocenters. The first-order chi connectivity index (χ1) is 13.0. The molecular weight excluding hydrogens is 360 g/mol. The third kappa shape index (κ3) is 3.29. The first kappa shape index (κ1) is 17.2. The second-order valence-corrected chi connectivity index (χ2v) is 7.27. The lowest BCUT2D eigenvalue weighted by Gasteiger charge is -2.11. The molecule has 7 heteroatoms. The molecule has 0 aliphatic rings. The van der Waals surface area contributed by atoms with E-state index in [9.17, 15) is 4.79 Å². The summed E-state index contributed by atoms with van der Waals surface area (Å²) in [4.78, 5) is 19.8. The highest BCUT2D eigenvalue weighted by atomic mass is 32.1. The molecule has 0 saturated heterocycles. The van der Waals surface area contributed by atoms with Crippen molar-refractivity contribution in [2.75, 3.05) is 26.1 Å². The lowest BCUT2D eigenvalue weighted by Crippen LogP contribution is -2.23. The summed E-state index contributed by atoms with van der Waals surface area (Å²) in [6.07, 6.45) is 1.87. The van der Waals surface area contributed by atoms with Crippen molar-refractivity contribution < 1.29 is 4.74 Å². The van der Waals surface area contributed by atoms with Crippen LogP contribution in [0.25, 0.3) is 22.4 Å². The second kappa shape index (κ2) is 6.85. The van der Waals surface area contributed by atoms with E-state index in [2.05, 4.69) is 10.1 Å². The zero-order valence-corrected chi connectivity index (χ0v) is 16.0. The Bertz CT molecular complexity index is 1190. The third-order valence-corrected chi connectivity index (χ3v) is 5.20. The first-order valence-electron chi connectivity index (χ1n) is 8.38. The standard InChI is InChI=1S/C20H18N4O2S/c1-23(2)15-8-4-13(5-9-15)12-17-19(25)24-20(27-17)21-18(22-24)14-6-10-16(26-3)11-7-14/h4-12H,1-3H3. The lowest BCUT2D eigenvalue weighted by molar-refractivity contribution is 0.415. The lowest BCUT2D eigenvalue weighted by atomic mass is 10.2. The number of rotatable bonds is 4. The van der Waals surface area contributed by atoms with Crippen LogP contribution in [0.15, 0.2) is 53.3 Å². The summed E-state index contributed by atoms with van der Waals surface area (Å²) in [6.45, 7) is 0. The van der Waals surface area contributed by atoms with Gasteiger partial charge in [-0.2, -0.15) is 9.50 Å². The monoisotopic (exact) mass is 378 g/mol. The fraction of sp³-hybridized carbons (Fsp3) is 0.150. The summed E-state index contributed by atoms with van der Waals surface area (Å²) in [5, 5.41) is 4.37. The van der Waals surface area contributed by atoms with Gasteiger partial charge in [0.1, 0.15) is 5.75 Å². The van der Waals surface area contributed by atoms with Crippen LogP contribution >= 0.6 is 11.3 Å². The Morgan fingerprint density at radius 2 is 1.78 bits per heavy atom. The summed E-state index contributed by atoms with van der Waals surface area (Å²) in [5.41, 5.74) is 2.77. The van der Waals surface area contributed by atoms with Crippen LogP contribution in [0.4, 0.5) is 5.69 Å². The van der Waals surface area contributed by atoms with Crippen LogP contribution in [0.3, 0.4) is 0 Å². The normalized spacial score (nSPS) is 11.9. The van der Waals surface area contributed by atoms with Gasteiger partial charge in [0, 0.05) is 25.3 Å². The van der Waals surface area contributed by atoms with Gasteiger partial charge in [-0.3, -0.25) is 4.79 Å². The zero-order chi connectivity index (χ0) is 19.0. The van der Waals surface area contributed by atoms with Crippen molar-refractivity contribution in [3.63, 3.8) is 0 Å². The molecule has 2 aromatic heterocycles. The summed E-state index contributed by atoms with van der Waals surface area (Å²) < 4.78 is 7.14. The quantitative estimate of drug-likeness (QED) is 0.546. The number of methoxy groups -OCH3 is 1. The summed E-state index contributed by atoms with van der Waals surface area (Å²) in [6, 6.07) is 15.5. The maximum atomic E-state index is 12.7. The predicted molar refractivity (Wildman–Crippen MR) is 109 cm³/mol. The van der Waals surface area contributed by atoms with Crippen molar-refractivity contribution >= 4 is 28.1 Å². The van der Waals surface area contributed by atoms with Crippen molar-refractivity contribution in [1.82, 2.24) is 14.6 Å². The molecule has 0 aliphatic heterocycles. The smallest absolute Gasteiger partial charge is 0.291 e. The summed E-state index contributed by atoms with van der Waals surface area (Å²) >= 11 is 1.34. The van der Waals surface area contributed by atoms with E-state index < -0.39 is 0 Å². The molecule has 0 spiro atoms. The topological polar surface area (TPSA) is 59.7 Å². The highest BCUT2D eigenvalue weighted by Crippen LogP contribution is 2.20. The molecule has 27 heavy (non-hydrogen) atoms. The third-order valence-electron chi connectivity index (χ3n) is 4.24. The second-order valence-electron chi connectivity index (χ2n) is 6.26. The van der Waals surface area contributed by atoms with Crippen molar-refractivity contribution in [2.24, 2.45) is 0 Å². The number of fused-ring (bicyclic) bond motifs is 1. The fourth-order valence-electron chi connectivity index (χ4n) is 2.72. The number of ether oxygens (including phenoxy) is 1. The van der Waals surface area contributed by atoms with Crippen molar-refractivity contribution in [2.45, 2.75) is 0 Å². The van der Waals surface area contributed by atoms with E-state index in [4.69, 9.17) is 4.74 Å². The molecule has 0 amide bonds. The van der Waals surface area contributed by atoms with Gasteiger partial charge < -0.3 is 9.64 Å². The molecule has 2 aromatic carbocycles. The molecule has 136 valence electrons. The van der Waals surface area contributed by atoms with Gasteiger partial charge in [-0.25, -0.2) is 0 Å². The van der Waals surface area contributed by atoms with Crippen LogP contribution in [0, 0.1) is 0 Å². The molecule has 0 fully saturated rings. The van der Waals surface area contributed by atoms with Gasteiger partial charge >= 0.3 is 0 Å². The number of thiazole rings is 1. The van der Waals surface area contributed by atoms with Crippen LogP contribution in [-0.2, 0) is 0 Å². The fourth-order valence-corrected chi connectivity index (χ4v) is 3.62. The van der Waals surface area contributed by atoms with E-state index in [-0.39, 0.29) is 5.56 Å². The van der Waals surface area contributed by atoms with Gasteiger partial charge in [0.05, 0.1) is 11.6 Å². The van der Waals surface area contributed by atoms with E-state index in [0.717, 1.165) is 22.6 Å². The van der Waals surface area contributed by atoms with E-state index in [1.54, 1.807) is 7.11 Å². The Kier molecular flexibility index (Phi) is 4.37. The molecule has 0 bridgehead atoms. The Morgan fingerprint density at radius 3 is 2.37 bits per heavy atom. The minimum Gasteiger partial charge on any atom is -0.497 e. The average Bonchev–Trinajstić information content (AvgIpc) is 3.22. The molecule has 2 heterocycles. The molecule has 0 radical (unpaired) electrons. The SMILES string of the molecule is COc1ccc(-c2nc3sc(=Cc4ccc(N(C)C)cc4)c(=O)n3n2)cc1. The number of anilines is 1. The van der Waals surface area contributed by atoms with E-state index >= 15 is 0 Å². The summed E-state index contributed by atoms with van der Waals surface area (Å²) in [7, 11) is 5.61. The van der Waals surface area contributed by atoms with Crippen molar-refractivity contribution in [3.05, 3.63) is 69.0 Å². The number of hydrogen-bond acceptors (Lipinski definition) is 6. The van der Waals surface area contributed by atoms with Gasteiger partial charge in [0.2, 0.25) is 4.96 Å². The molecule has 6 nitrogen and oxygen atoms in total. The van der Waals surface area contributed by atoms with Crippen LogP contribution in [-0.4, -0.2) is 35.8 Å². The van der Waals surface area contributed by atoms with Gasteiger partial charge in [-0.1, -0.05) is 23.5 Å². The minimum atomic E-state index is -0.154. The maximum Gasteiger partial charge on any atom is 0.291 e. The van der Waals surface area contributed by atoms with Gasteiger partial charge in [0.15, 0.2) is 5.82 Å². The molecule has 0 saturated carbocycles. The highest BCUT2D eigenvalue weighted by molar-refractivity contribution is 7.15. The highest BCUT2D eigenvalue weighted by Gasteiger charge is 2.12. The Balaban J connectivity index is 1.70. The molecular formula is C20H18N4O2S. The Hall–Kier alpha value is -3.19. The number of hydrogen-bond donors (Lipinski definition) is 0. The van der Waals surface area contributed by atoms with E-state index in [1.807, 2.05) is 73.6 Å². The Morgan fingerprint density at radius 1 is 1.07 bits per heavy atom. The molecule has 0 aliphatic carbocycles. The van der Waals surface area contributed by atoms with E-state index in [1.165, 1.54) is 15.9 Å². The first-order valence-corrected chi connectivity index (χ1v) is 9.20. The number of nitrogens with zero attached hydrogens (tertiary/aromatic N) is 4. The van der Waals surface area contributed by atoms with Gasteiger partial charge in [-0.15, -0.1) is 5.10 Å². The van der Waals surface area contributed by atoms with Gasteiger partial charge in [-0.05, 0) is 48.0 Å². The Labute approximate surface area is 160 Å². The van der Waals surface area contributed by atoms with Crippen LogP contribution < -0.4 is 19.7 Å². The van der Waals surface area contributed by atoms with Crippen molar-refractivity contribution in [3.8, 4) is 17.1 Å². The molecule has 4 rings (SSSR count). The summed E-state index contributed by atoms with van der Waals surface area (Å²) in [5.74, 6) is 1.30. The number of benzene rings is 2. The molecule has 0 N–H and O–H groups in total. The van der Waals surface area contributed by atoms with Crippen LogP contribution in [0.5, 0.6) is 5.75 Å². The predicted octanol–water partition coefficient (Wildman–Crippen LogP) is 2.44. The van der Waals surface area contributed by atoms with E-state index in [0.29, 0.717) is 15.3 Å². The van der Waals surface area contributed by atoms with Crippen LogP contribution in [0.1, 0.15) is 5.56 Å².